The first-order chi connectivity index (χ1) is 14.4. The molecule has 0 aliphatic heterocycles. The Hall–Kier alpha value is -3.32. The molecule has 30 heavy (non-hydrogen) atoms. The minimum Gasteiger partial charge on any atom is -0.462 e. The Kier molecular flexibility index (Phi) is 6.74. The fourth-order valence-corrected chi connectivity index (χ4v) is 3.14. The van der Waals surface area contributed by atoms with Gasteiger partial charge in [-0.3, -0.25) is 4.79 Å². The second-order valence-corrected chi connectivity index (χ2v) is 7.32. The van der Waals surface area contributed by atoms with Gasteiger partial charge in [-0.05, 0) is 45.1 Å². The van der Waals surface area contributed by atoms with E-state index in [0.717, 1.165) is 23.2 Å². The van der Waals surface area contributed by atoms with E-state index < -0.39 is 5.97 Å². The molecular weight excluding hydrogens is 380 g/mol. The summed E-state index contributed by atoms with van der Waals surface area (Å²) in [7, 11) is 3.93. The van der Waals surface area contributed by atoms with Crippen LogP contribution in [-0.4, -0.2) is 58.9 Å². The van der Waals surface area contributed by atoms with E-state index in [-0.39, 0.29) is 12.4 Å². The van der Waals surface area contributed by atoms with Crippen molar-refractivity contribution in [1.29, 1.82) is 0 Å². The third kappa shape index (κ3) is 4.80. The lowest BCUT2D eigenvalue weighted by atomic mass is 9.99. The molecule has 7 heteroatoms. The van der Waals surface area contributed by atoms with E-state index in [1.807, 2.05) is 56.3 Å². The molecule has 0 aliphatic carbocycles. The number of hydrogen-bond donors (Lipinski definition) is 1. The molecule has 3 rings (SSSR count). The number of nitrogens with one attached hydrogen (secondary N) is 1. The summed E-state index contributed by atoms with van der Waals surface area (Å²) in [4.78, 5) is 38.6. The van der Waals surface area contributed by atoms with E-state index in [1.54, 1.807) is 13.1 Å². The molecule has 3 aromatic rings. The van der Waals surface area contributed by atoms with Gasteiger partial charge < -0.3 is 14.6 Å². The van der Waals surface area contributed by atoms with Gasteiger partial charge in [-0.25, -0.2) is 14.8 Å². The number of aromatic amines is 1. The van der Waals surface area contributed by atoms with Crippen LogP contribution in [0.2, 0.25) is 0 Å². The summed E-state index contributed by atoms with van der Waals surface area (Å²) in [5.41, 5.74) is 4.02. The van der Waals surface area contributed by atoms with E-state index >= 15 is 0 Å². The van der Waals surface area contributed by atoms with Gasteiger partial charge in [-0.15, -0.1) is 0 Å². The second kappa shape index (κ2) is 9.45. The van der Waals surface area contributed by atoms with E-state index in [2.05, 4.69) is 15.0 Å². The van der Waals surface area contributed by atoms with Crippen molar-refractivity contribution in [3.8, 4) is 11.3 Å². The first-order valence-corrected chi connectivity index (χ1v) is 9.84. The maximum atomic E-state index is 12.6. The number of nitrogens with zero attached hydrogens (tertiary/aromatic N) is 3. The lowest BCUT2D eigenvalue weighted by Gasteiger charge is -2.09. The fourth-order valence-electron chi connectivity index (χ4n) is 3.14. The Bertz CT molecular complexity index is 1100. The zero-order valence-corrected chi connectivity index (χ0v) is 17.7. The Morgan fingerprint density at radius 2 is 2.03 bits per heavy atom. The first-order valence-electron chi connectivity index (χ1n) is 9.84. The van der Waals surface area contributed by atoms with Crippen LogP contribution >= 0.6 is 0 Å². The molecule has 0 radical (unpaired) electrons. The predicted octanol–water partition coefficient (Wildman–Crippen LogP) is 3.42. The molecule has 0 saturated heterocycles. The molecule has 0 fully saturated rings. The van der Waals surface area contributed by atoms with E-state index in [0.29, 0.717) is 28.7 Å². The summed E-state index contributed by atoms with van der Waals surface area (Å²) in [6.45, 7) is 4.61. The smallest absolute Gasteiger partial charge is 0.340 e. The summed E-state index contributed by atoms with van der Waals surface area (Å²) in [5.74, 6) is -0.344. The summed E-state index contributed by atoms with van der Waals surface area (Å²) in [6, 6.07) is 7.65. The summed E-state index contributed by atoms with van der Waals surface area (Å²) in [6.07, 6.45) is 5.28. The molecular formula is C23H26N4O3. The number of ketones is 1. The lowest BCUT2D eigenvalue weighted by molar-refractivity contribution is -0.114. The molecule has 1 aromatic carbocycles. The molecule has 1 N–H and O–H groups in total. The second-order valence-electron chi connectivity index (χ2n) is 7.32. The number of carbonyl (C=O) groups is 2. The van der Waals surface area contributed by atoms with Crippen molar-refractivity contribution >= 4 is 22.8 Å². The average Bonchev–Trinajstić information content (AvgIpc) is 3.16. The van der Waals surface area contributed by atoms with Gasteiger partial charge in [0, 0.05) is 24.7 Å². The van der Waals surface area contributed by atoms with Crippen molar-refractivity contribution in [2.24, 2.45) is 0 Å². The van der Waals surface area contributed by atoms with E-state index in [4.69, 9.17) is 4.74 Å². The maximum Gasteiger partial charge on any atom is 0.340 e. The highest BCUT2D eigenvalue weighted by atomic mass is 16.5. The topological polar surface area (TPSA) is 88.2 Å². The minimum atomic E-state index is -0.423. The number of carbonyl (C=O) groups excluding carboxylic acids is 2. The SMILES string of the molecule is CCOC(=O)c1c[nH]c2ncnc(-c3cccc(CC(=O)/C(C)=C/CN(C)C)c3)c12. The van der Waals surface area contributed by atoms with Crippen LogP contribution in [0.15, 0.2) is 48.4 Å². The average molecular weight is 406 g/mol. The van der Waals surface area contributed by atoms with Crippen LogP contribution in [0.4, 0.5) is 0 Å². The summed E-state index contributed by atoms with van der Waals surface area (Å²) in [5, 5.41) is 0.612. The van der Waals surface area contributed by atoms with Crippen LogP contribution in [0.1, 0.15) is 29.8 Å². The number of allylic oxidation sites excluding steroid dienone is 1. The molecule has 0 spiro atoms. The van der Waals surface area contributed by atoms with Crippen molar-refractivity contribution in [2.45, 2.75) is 20.3 Å². The van der Waals surface area contributed by atoms with E-state index in [9.17, 15) is 9.59 Å². The van der Waals surface area contributed by atoms with Gasteiger partial charge >= 0.3 is 5.97 Å². The number of rotatable bonds is 8. The number of ether oxygens (including phenoxy) is 1. The van der Waals surface area contributed by atoms with Gasteiger partial charge in [0.15, 0.2) is 5.78 Å². The molecule has 2 aromatic heterocycles. The molecule has 7 nitrogen and oxygen atoms in total. The Morgan fingerprint density at radius 3 is 2.77 bits per heavy atom. The molecule has 0 unspecified atom stereocenters. The monoisotopic (exact) mass is 406 g/mol. The largest absolute Gasteiger partial charge is 0.462 e. The van der Waals surface area contributed by atoms with Gasteiger partial charge in [0.2, 0.25) is 0 Å². The molecule has 2 heterocycles. The Morgan fingerprint density at radius 1 is 1.23 bits per heavy atom. The number of benzene rings is 1. The zero-order chi connectivity index (χ0) is 21.7. The first kappa shape index (κ1) is 21.4. The number of hydrogen-bond acceptors (Lipinski definition) is 6. The van der Waals surface area contributed by atoms with Crippen LogP contribution in [0.25, 0.3) is 22.3 Å². The van der Waals surface area contributed by atoms with Crippen LogP contribution < -0.4 is 0 Å². The summed E-state index contributed by atoms with van der Waals surface area (Å²) >= 11 is 0. The van der Waals surface area contributed by atoms with Gasteiger partial charge in [0.1, 0.15) is 12.0 Å². The van der Waals surface area contributed by atoms with Crippen molar-refractivity contribution in [3.05, 3.63) is 59.6 Å². The minimum absolute atomic E-state index is 0.0793. The van der Waals surface area contributed by atoms with Crippen molar-refractivity contribution in [1.82, 2.24) is 19.9 Å². The van der Waals surface area contributed by atoms with Gasteiger partial charge in [0.25, 0.3) is 0 Å². The number of fused-ring (bicyclic) bond motifs is 1. The zero-order valence-electron chi connectivity index (χ0n) is 17.7. The highest BCUT2D eigenvalue weighted by Gasteiger charge is 2.19. The van der Waals surface area contributed by atoms with Crippen molar-refractivity contribution < 1.29 is 14.3 Å². The summed E-state index contributed by atoms with van der Waals surface area (Å²) < 4.78 is 5.16. The molecule has 156 valence electrons. The lowest BCUT2D eigenvalue weighted by Crippen LogP contribution is -2.13. The van der Waals surface area contributed by atoms with Gasteiger partial charge in [0.05, 0.1) is 23.3 Å². The fraction of sp³-hybridized carbons (Fsp3) is 0.304. The Balaban J connectivity index is 1.94. The highest BCUT2D eigenvalue weighted by molar-refractivity contribution is 6.08. The van der Waals surface area contributed by atoms with Crippen molar-refractivity contribution in [2.75, 3.05) is 27.2 Å². The predicted molar refractivity (Wildman–Crippen MR) is 116 cm³/mol. The molecule has 0 saturated carbocycles. The number of H-pyrrole nitrogens is 1. The molecule has 0 bridgehead atoms. The van der Waals surface area contributed by atoms with E-state index in [1.165, 1.54) is 6.33 Å². The Labute approximate surface area is 175 Å². The third-order valence-electron chi connectivity index (χ3n) is 4.73. The molecule has 0 aliphatic rings. The van der Waals surface area contributed by atoms with Crippen molar-refractivity contribution in [3.63, 3.8) is 0 Å². The number of esters is 1. The van der Waals surface area contributed by atoms with Gasteiger partial charge in [-0.2, -0.15) is 0 Å². The van der Waals surface area contributed by atoms with Crippen LogP contribution in [0.3, 0.4) is 0 Å². The highest BCUT2D eigenvalue weighted by Crippen LogP contribution is 2.29. The number of Topliss-reactive ketones (excluding diaryl/α,β-unsaturated/α-hetero) is 1. The third-order valence-corrected chi connectivity index (χ3v) is 4.73. The quantitative estimate of drug-likeness (QED) is 0.456. The number of likely N-dealkylation sites (N-methyl/N-ethyl adjacent to an activating group) is 1. The maximum absolute atomic E-state index is 12.6. The standard InChI is InChI=1S/C23H26N4O3/c1-5-30-23(29)18-13-24-22-20(18)21(25-14-26-22)17-8-6-7-16(11-17)12-19(28)15(2)9-10-27(3)4/h6-9,11,13-14H,5,10,12H2,1-4H3,(H,24,25,26)/b15-9+. The van der Waals surface area contributed by atoms with Gasteiger partial charge in [-0.1, -0.05) is 24.3 Å². The number of aromatic nitrogens is 3. The van der Waals surface area contributed by atoms with Crippen LogP contribution in [-0.2, 0) is 16.0 Å². The van der Waals surface area contributed by atoms with Crippen LogP contribution in [0.5, 0.6) is 0 Å². The normalized spacial score (nSPS) is 11.8. The molecule has 0 amide bonds. The van der Waals surface area contributed by atoms with Crippen LogP contribution in [0, 0.1) is 0 Å². The molecule has 0 atom stereocenters.